The number of aryl methyl sites for hydroxylation is 1. The van der Waals surface area contributed by atoms with E-state index in [2.05, 4.69) is 5.32 Å². The van der Waals surface area contributed by atoms with Crippen molar-refractivity contribution < 1.29 is 14.0 Å². The number of furan rings is 1. The van der Waals surface area contributed by atoms with Crippen LogP contribution in [0.2, 0.25) is 0 Å². The van der Waals surface area contributed by atoms with E-state index in [0.717, 1.165) is 12.2 Å². The highest BCUT2D eigenvalue weighted by atomic mass is 16.3. The molecule has 0 bridgehead atoms. The van der Waals surface area contributed by atoms with E-state index < -0.39 is 5.91 Å². The number of nitrogens with one attached hydrogen (secondary N) is 1. The summed E-state index contributed by atoms with van der Waals surface area (Å²) in [6, 6.07) is 9.73. The Morgan fingerprint density at radius 2 is 1.84 bits per heavy atom. The van der Waals surface area contributed by atoms with Gasteiger partial charge < -0.3 is 15.5 Å². The molecule has 0 fully saturated rings. The highest BCUT2D eigenvalue weighted by molar-refractivity contribution is 6.02. The van der Waals surface area contributed by atoms with E-state index in [1.54, 1.807) is 36.4 Å². The highest BCUT2D eigenvalue weighted by Crippen LogP contribution is 2.13. The second kappa shape index (κ2) is 5.39. The summed E-state index contributed by atoms with van der Waals surface area (Å²) < 4.78 is 5.34. The predicted molar refractivity (Wildman–Crippen MR) is 71.0 cm³/mol. The molecule has 1 aromatic heterocycles. The number of hydrogen-bond donors (Lipinski definition) is 2. The molecule has 0 atom stereocenters. The van der Waals surface area contributed by atoms with Crippen LogP contribution in [0, 0.1) is 0 Å². The lowest BCUT2D eigenvalue weighted by molar-refractivity contribution is 0.0990. The minimum Gasteiger partial charge on any atom is -0.456 e. The first-order valence-corrected chi connectivity index (χ1v) is 5.90. The quantitative estimate of drug-likeness (QED) is 0.881. The van der Waals surface area contributed by atoms with Crippen LogP contribution in [0.15, 0.2) is 40.8 Å². The first kappa shape index (κ1) is 12.9. The molecule has 1 aromatic carbocycles. The minimum absolute atomic E-state index is 0.260. The van der Waals surface area contributed by atoms with Gasteiger partial charge in [0.1, 0.15) is 5.76 Å². The van der Waals surface area contributed by atoms with Crippen molar-refractivity contribution in [2.24, 2.45) is 5.73 Å². The Morgan fingerprint density at radius 1 is 1.16 bits per heavy atom. The third-order valence-corrected chi connectivity index (χ3v) is 2.66. The number of hydrogen-bond acceptors (Lipinski definition) is 3. The molecule has 0 saturated heterocycles. The minimum atomic E-state index is -0.503. The lowest BCUT2D eigenvalue weighted by Gasteiger charge is -2.03. The zero-order valence-electron chi connectivity index (χ0n) is 10.5. The molecule has 0 aliphatic heterocycles. The third-order valence-electron chi connectivity index (χ3n) is 2.66. The number of carbonyl (C=O) groups excluding carboxylic acids is 2. The summed E-state index contributed by atoms with van der Waals surface area (Å²) in [4.78, 5) is 22.8. The Morgan fingerprint density at radius 3 is 2.37 bits per heavy atom. The largest absolute Gasteiger partial charge is 0.456 e. The number of carbonyl (C=O) groups is 2. The summed E-state index contributed by atoms with van der Waals surface area (Å²) in [5.74, 6) is 0.188. The van der Waals surface area contributed by atoms with Crippen LogP contribution in [-0.2, 0) is 6.42 Å². The van der Waals surface area contributed by atoms with Crippen LogP contribution in [0.1, 0.15) is 33.6 Å². The maximum atomic E-state index is 11.9. The summed E-state index contributed by atoms with van der Waals surface area (Å²) in [5, 5.41) is 2.68. The normalized spacial score (nSPS) is 10.2. The first-order valence-electron chi connectivity index (χ1n) is 5.90. The second-order valence-electron chi connectivity index (χ2n) is 4.02. The smallest absolute Gasteiger partial charge is 0.291 e. The molecule has 0 aliphatic carbocycles. The zero-order chi connectivity index (χ0) is 13.8. The van der Waals surface area contributed by atoms with Crippen LogP contribution in [0.5, 0.6) is 0 Å². The van der Waals surface area contributed by atoms with Crippen LogP contribution in [-0.4, -0.2) is 11.8 Å². The molecule has 5 nitrogen and oxygen atoms in total. The van der Waals surface area contributed by atoms with Crippen molar-refractivity contribution in [1.29, 1.82) is 0 Å². The number of anilines is 1. The number of nitrogens with two attached hydrogens (primary N) is 1. The highest BCUT2D eigenvalue weighted by Gasteiger charge is 2.11. The third kappa shape index (κ3) is 3.01. The molecule has 0 radical (unpaired) electrons. The Labute approximate surface area is 110 Å². The molecule has 0 saturated carbocycles. The number of primary amides is 1. The van der Waals surface area contributed by atoms with Crippen LogP contribution < -0.4 is 11.1 Å². The molecule has 5 heteroatoms. The topological polar surface area (TPSA) is 85.3 Å². The lowest BCUT2D eigenvalue weighted by atomic mass is 10.2. The average Bonchev–Trinajstić information content (AvgIpc) is 2.88. The number of benzene rings is 1. The molecule has 98 valence electrons. The molecule has 1 heterocycles. The van der Waals surface area contributed by atoms with E-state index >= 15 is 0 Å². The van der Waals surface area contributed by atoms with Crippen LogP contribution in [0.3, 0.4) is 0 Å². The molecular formula is C14H14N2O3. The van der Waals surface area contributed by atoms with Crippen LogP contribution in [0.4, 0.5) is 5.69 Å². The van der Waals surface area contributed by atoms with Gasteiger partial charge in [0.15, 0.2) is 5.76 Å². The summed E-state index contributed by atoms with van der Waals surface area (Å²) in [5.41, 5.74) is 6.10. The summed E-state index contributed by atoms with van der Waals surface area (Å²) in [6.07, 6.45) is 0.737. The van der Waals surface area contributed by atoms with Gasteiger partial charge in [-0.15, -0.1) is 0 Å². The average molecular weight is 258 g/mol. The van der Waals surface area contributed by atoms with E-state index in [0.29, 0.717) is 11.3 Å². The van der Waals surface area contributed by atoms with Crippen molar-refractivity contribution in [3.63, 3.8) is 0 Å². The Balaban J connectivity index is 2.08. The van der Waals surface area contributed by atoms with E-state index in [-0.39, 0.29) is 11.7 Å². The van der Waals surface area contributed by atoms with Crippen molar-refractivity contribution in [3.8, 4) is 0 Å². The standard InChI is InChI=1S/C14H14N2O3/c1-2-11-7-8-12(19-11)14(18)16-10-5-3-9(4-6-10)13(15)17/h3-8H,2H2,1H3,(H2,15,17)(H,16,18). The van der Waals surface area contributed by atoms with Crippen molar-refractivity contribution in [1.82, 2.24) is 0 Å². The molecular weight excluding hydrogens is 244 g/mol. The van der Waals surface area contributed by atoms with Crippen LogP contribution >= 0.6 is 0 Å². The van der Waals surface area contributed by atoms with E-state index in [1.165, 1.54) is 0 Å². The molecule has 0 unspecified atom stereocenters. The van der Waals surface area contributed by atoms with Gasteiger partial charge in [0, 0.05) is 17.7 Å². The fraction of sp³-hybridized carbons (Fsp3) is 0.143. The number of amides is 2. The first-order chi connectivity index (χ1) is 9.10. The van der Waals surface area contributed by atoms with Gasteiger partial charge in [0.2, 0.25) is 5.91 Å². The van der Waals surface area contributed by atoms with Gasteiger partial charge >= 0.3 is 0 Å². The van der Waals surface area contributed by atoms with Crippen molar-refractivity contribution in [3.05, 3.63) is 53.5 Å². The fourth-order valence-electron chi connectivity index (χ4n) is 1.60. The van der Waals surface area contributed by atoms with Crippen LogP contribution in [0.25, 0.3) is 0 Å². The molecule has 3 N–H and O–H groups in total. The van der Waals surface area contributed by atoms with E-state index in [1.807, 2.05) is 6.92 Å². The molecule has 0 aliphatic rings. The van der Waals surface area contributed by atoms with Crippen molar-refractivity contribution in [2.75, 3.05) is 5.32 Å². The summed E-state index contributed by atoms with van der Waals surface area (Å²) >= 11 is 0. The zero-order valence-corrected chi connectivity index (χ0v) is 10.5. The molecule has 19 heavy (non-hydrogen) atoms. The van der Waals surface area contributed by atoms with Crippen molar-refractivity contribution >= 4 is 17.5 Å². The Kier molecular flexibility index (Phi) is 3.66. The van der Waals surface area contributed by atoms with Gasteiger partial charge in [-0.05, 0) is 36.4 Å². The van der Waals surface area contributed by atoms with Crippen molar-refractivity contribution in [2.45, 2.75) is 13.3 Å². The van der Waals surface area contributed by atoms with Gasteiger partial charge in [0.25, 0.3) is 5.91 Å². The SMILES string of the molecule is CCc1ccc(C(=O)Nc2ccc(C(N)=O)cc2)o1. The lowest BCUT2D eigenvalue weighted by Crippen LogP contribution is -2.12. The molecule has 2 amide bonds. The van der Waals surface area contributed by atoms with Gasteiger partial charge in [0.05, 0.1) is 0 Å². The summed E-state index contributed by atoms with van der Waals surface area (Å²) in [6.45, 7) is 1.95. The van der Waals surface area contributed by atoms with Gasteiger partial charge in [-0.3, -0.25) is 9.59 Å². The maximum Gasteiger partial charge on any atom is 0.291 e. The summed E-state index contributed by atoms with van der Waals surface area (Å²) in [7, 11) is 0. The molecule has 2 rings (SSSR count). The maximum absolute atomic E-state index is 11.9. The van der Waals surface area contributed by atoms with Gasteiger partial charge in [-0.2, -0.15) is 0 Å². The monoisotopic (exact) mass is 258 g/mol. The van der Waals surface area contributed by atoms with Gasteiger partial charge in [-0.1, -0.05) is 6.92 Å². The fourth-order valence-corrected chi connectivity index (χ4v) is 1.60. The van der Waals surface area contributed by atoms with E-state index in [9.17, 15) is 9.59 Å². The van der Waals surface area contributed by atoms with E-state index in [4.69, 9.17) is 10.2 Å². The number of rotatable bonds is 4. The Hall–Kier alpha value is -2.56. The molecule has 2 aromatic rings. The second-order valence-corrected chi connectivity index (χ2v) is 4.02. The Bertz CT molecular complexity index is 599. The molecule has 0 spiro atoms. The predicted octanol–water partition coefficient (Wildman–Crippen LogP) is 2.19. The van der Waals surface area contributed by atoms with Gasteiger partial charge in [-0.25, -0.2) is 0 Å².